The predicted octanol–water partition coefficient (Wildman–Crippen LogP) is 0.879. The van der Waals surface area contributed by atoms with Crippen molar-refractivity contribution in [3.8, 4) is 5.75 Å². The van der Waals surface area contributed by atoms with Crippen molar-refractivity contribution < 1.29 is 9.53 Å². The summed E-state index contributed by atoms with van der Waals surface area (Å²) in [7, 11) is 1.57. The zero-order valence-corrected chi connectivity index (χ0v) is 12.6. The van der Waals surface area contributed by atoms with Crippen molar-refractivity contribution in [2.24, 2.45) is 0 Å². The lowest BCUT2D eigenvalue weighted by Crippen LogP contribution is -2.37. The Balaban J connectivity index is 3.01. The van der Waals surface area contributed by atoms with Crippen molar-refractivity contribution >= 4 is 17.5 Å². The maximum absolute atomic E-state index is 11.7. The predicted molar refractivity (Wildman–Crippen MR) is 79.3 cm³/mol. The molecule has 0 atom stereocenters. The van der Waals surface area contributed by atoms with E-state index in [4.69, 9.17) is 4.74 Å². The van der Waals surface area contributed by atoms with Crippen molar-refractivity contribution in [3.63, 3.8) is 0 Å². The van der Waals surface area contributed by atoms with Crippen LogP contribution < -0.4 is 20.3 Å². The zero-order valence-electron chi connectivity index (χ0n) is 12.6. The van der Waals surface area contributed by atoms with Crippen LogP contribution >= 0.6 is 0 Å². The third-order valence-electron chi connectivity index (χ3n) is 2.72. The van der Waals surface area contributed by atoms with Gasteiger partial charge in [-0.2, -0.15) is 0 Å². The summed E-state index contributed by atoms with van der Waals surface area (Å²) < 4.78 is 5.39. The number of amides is 1. The molecule has 0 aliphatic rings. The van der Waals surface area contributed by atoms with Crippen LogP contribution in [0.5, 0.6) is 5.75 Å². The second-order valence-corrected chi connectivity index (χ2v) is 4.08. The molecule has 1 amide bonds. The van der Waals surface area contributed by atoms with Crippen LogP contribution in [0.1, 0.15) is 20.8 Å². The summed E-state index contributed by atoms with van der Waals surface area (Å²) in [6, 6.07) is 0. The molecule has 0 aromatic carbocycles. The van der Waals surface area contributed by atoms with Crippen LogP contribution in [0.3, 0.4) is 0 Å². The standard InChI is InChI=1S/C13H23N5O2/c1-5-14-10(19)8-18(7-3)13-11(20-4)12(15-6-2)16-9-17-13/h9H,5-8H2,1-4H3,(H,14,19)(H,15,16,17). The number of hydrogen-bond acceptors (Lipinski definition) is 6. The molecule has 0 spiro atoms. The molecule has 7 nitrogen and oxygen atoms in total. The number of aromatic nitrogens is 2. The summed E-state index contributed by atoms with van der Waals surface area (Å²) in [6.45, 7) is 8.07. The van der Waals surface area contributed by atoms with Crippen LogP contribution in [0.2, 0.25) is 0 Å². The number of carbonyl (C=O) groups excluding carboxylic acids is 1. The molecule has 1 aromatic rings. The smallest absolute Gasteiger partial charge is 0.239 e. The van der Waals surface area contributed by atoms with Crippen molar-refractivity contribution in [1.82, 2.24) is 15.3 Å². The summed E-state index contributed by atoms with van der Waals surface area (Å²) in [5.74, 6) is 1.77. The first kappa shape index (κ1) is 16.0. The zero-order chi connectivity index (χ0) is 15.0. The number of hydrogen-bond donors (Lipinski definition) is 2. The van der Waals surface area contributed by atoms with E-state index in [1.807, 2.05) is 25.7 Å². The van der Waals surface area contributed by atoms with Crippen LogP contribution in [0.4, 0.5) is 11.6 Å². The fraction of sp³-hybridized carbons (Fsp3) is 0.615. The highest BCUT2D eigenvalue weighted by molar-refractivity contribution is 5.82. The van der Waals surface area contributed by atoms with Gasteiger partial charge in [-0.1, -0.05) is 0 Å². The molecule has 0 aliphatic carbocycles. The van der Waals surface area contributed by atoms with Gasteiger partial charge in [0.05, 0.1) is 13.7 Å². The average Bonchev–Trinajstić information content (AvgIpc) is 2.45. The number of rotatable bonds is 8. The number of likely N-dealkylation sites (N-methyl/N-ethyl adjacent to an activating group) is 2. The lowest BCUT2D eigenvalue weighted by molar-refractivity contribution is -0.119. The Labute approximate surface area is 119 Å². The molecular formula is C13H23N5O2. The van der Waals surface area contributed by atoms with Crippen molar-refractivity contribution in [2.45, 2.75) is 20.8 Å². The Bertz CT molecular complexity index is 439. The Hall–Kier alpha value is -2.05. The summed E-state index contributed by atoms with van der Waals surface area (Å²) >= 11 is 0. The van der Waals surface area contributed by atoms with Crippen molar-refractivity contribution in [3.05, 3.63) is 6.33 Å². The summed E-state index contributed by atoms with van der Waals surface area (Å²) in [4.78, 5) is 22.0. The second-order valence-electron chi connectivity index (χ2n) is 4.08. The van der Waals surface area contributed by atoms with Gasteiger partial charge >= 0.3 is 0 Å². The minimum absolute atomic E-state index is 0.0417. The van der Waals surface area contributed by atoms with E-state index in [0.717, 1.165) is 6.54 Å². The van der Waals surface area contributed by atoms with Gasteiger partial charge in [0.15, 0.2) is 11.6 Å². The largest absolute Gasteiger partial charge is 0.490 e. The highest BCUT2D eigenvalue weighted by Crippen LogP contribution is 2.31. The molecule has 1 aromatic heterocycles. The number of nitrogens with zero attached hydrogens (tertiary/aromatic N) is 3. The van der Waals surface area contributed by atoms with E-state index in [-0.39, 0.29) is 12.5 Å². The Morgan fingerprint density at radius 3 is 2.60 bits per heavy atom. The van der Waals surface area contributed by atoms with Gasteiger partial charge in [0.2, 0.25) is 11.7 Å². The maximum atomic E-state index is 11.7. The number of carbonyl (C=O) groups is 1. The molecule has 2 N–H and O–H groups in total. The molecule has 0 saturated heterocycles. The van der Waals surface area contributed by atoms with Crippen LogP contribution in [0, 0.1) is 0 Å². The fourth-order valence-corrected chi connectivity index (χ4v) is 1.83. The van der Waals surface area contributed by atoms with E-state index in [9.17, 15) is 4.79 Å². The van der Waals surface area contributed by atoms with E-state index in [1.165, 1.54) is 6.33 Å². The maximum Gasteiger partial charge on any atom is 0.239 e. The Kier molecular flexibility index (Phi) is 6.55. The monoisotopic (exact) mass is 281 g/mol. The number of methoxy groups -OCH3 is 1. The van der Waals surface area contributed by atoms with Crippen LogP contribution in [-0.4, -0.2) is 49.2 Å². The lowest BCUT2D eigenvalue weighted by Gasteiger charge is -2.23. The highest BCUT2D eigenvalue weighted by Gasteiger charge is 2.18. The van der Waals surface area contributed by atoms with Gasteiger partial charge in [0, 0.05) is 19.6 Å². The van der Waals surface area contributed by atoms with E-state index in [2.05, 4.69) is 20.6 Å². The molecule has 0 radical (unpaired) electrons. The van der Waals surface area contributed by atoms with Gasteiger partial charge in [-0.25, -0.2) is 9.97 Å². The van der Waals surface area contributed by atoms with E-state index >= 15 is 0 Å². The van der Waals surface area contributed by atoms with Crippen molar-refractivity contribution in [2.75, 3.05) is 43.5 Å². The van der Waals surface area contributed by atoms with Gasteiger partial charge < -0.3 is 20.3 Å². The molecule has 0 bridgehead atoms. The first-order chi connectivity index (χ1) is 9.67. The van der Waals surface area contributed by atoms with Crippen LogP contribution in [0.15, 0.2) is 6.33 Å². The second kappa shape index (κ2) is 8.19. The summed E-state index contributed by atoms with van der Waals surface area (Å²) in [5.41, 5.74) is 0. The third kappa shape index (κ3) is 3.97. The van der Waals surface area contributed by atoms with Crippen molar-refractivity contribution in [1.29, 1.82) is 0 Å². The minimum Gasteiger partial charge on any atom is -0.490 e. The summed E-state index contributed by atoms with van der Waals surface area (Å²) in [6.07, 6.45) is 1.47. The highest BCUT2D eigenvalue weighted by atomic mass is 16.5. The molecule has 1 rings (SSSR count). The Morgan fingerprint density at radius 1 is 1.30 bits per heavy atom. The molecule has 0 saturated carbocycles. The third-order valence-corrected chi connectivity index (χ3v) is 2.72. The lowest BCUT2D eigenvalue weighted by atomic mass is 10.3. The molecule has 7 heteroatoms. The van der Waals surface area contributed by atoms with Gasteiger partial charge in [-0.05, 0) is 20.8 Å². The topological polar surface area (TPSA) is 79.4 Å². The first-order valence-corrected chi connectivity index (χ1v) is 6.82. The fourth-order valence-electron chi connectivity index (χ4n) is 1.83. The van der Waals surface area contributed by atoms with E-state index in [0.29, 0.717) is 30.5 Å². The molecular weight excluding hydrogens is 258 g/mol. The average molecular weight is 281 g/mol. The van der Waals surface area contributed by atoms with Gasteiger partial charge in [-0.15, -0.1) is 0 Å². The van der Waals surface area contributed by atoms with Crippen LogP contribution in [-0.2, 0) is 4.79 Å². The Morgan fingerprint density at radius 2 is 2.05 bits per heavy atom. The van der Waals surface area contributed by atoms with Gasteiger partial charge in [0.1, 0.15) is 6.33 Å². The number of ether oxygens (including phenoxy) is 1. The van der Waals surface area contributed by atoms with Gasteiger partial charge in [-0.3, -0.25) is 4.79 Å². The van der Waals surface area contributed by atoms with Crippen LogP contribution in [0.25, 0.3) is 0 Å². The number of anilines is 2. The normalized spacial score (nSPS) is 10.0. The molecule has 112 valence electrons. The molecule has 1 heterocycles. The quantitative estimate of drug-likeness (QED) is 0.736. The van der Waals surface area contributed by atoms with E-state index in [1.54, 1.807) is 7.11 Å². The minimum atomic E-state index is -0.0417. The summed E-state index contributed by atoms with van der Waals surface area (Å²) in [5, 5.41) is 5.90. The SMILES string of the molecule is CCNC(=O)CN(CC)c1ncnc(NCC)c1OC. The first-order valence-electron chi connectivity index (χ1n) is 6.82. The molecule has 0 unspecified atom stereocenters. The van der Waals surface area contributed by atoms with Gasteiger partial charge in [0.25, 0.3) is 0 Å². The molecule has 0 fully saturated rings. The number of nitrogens with one attached hydrogen (secondary N) is 2. The molecule has 20 heavy (non-hydrogen) atoms. The van der Waals surface area contributed by atoms with E-state index < -0.39 is 0 Å². The molecule has 0 aliphatic heterocycles.